The van der Waals surface area contributed by atoms with Gasteiger partial charge in [0.2, 0.25) is 11.8 Å². The molecule has 2 heterocycles. The van der Waals surface area contributed by atoms with Crippen LogP contribution in [-0.4, -0.2) is 60.6 Å². The average Bonchev–Trinajstić information content (AvgIpc) is 3.29. The number of methoxy groups -OCH3 is 3. The molecule has 0 radical (unpaired) electrons. The molecule has 10 nitrogen and oxygen atoms in total. The zero-order chi connectivity index (χ0) is 25.1. The first-order chi connectivity index (χ1) is 16.8. The first kappa shape index (κ1) is 23.8. The Kier molecular flexibility index (Phi) is 6.72. The fourth-order valence-electron chi connectivity index (χ4n) is 3.82. The lowest BCUT2D eigenvalue weighted by Gasteiger charge is -2.11. The molecular weight excluding hydrogens is 450 g/mol. The molecule has 0 bridgehead atoms. The van der Waals surface area contributed by atoms with Gasteiger partial charge in [-0.05, 0) is 35.4 Å². The predicted molar refractivity (Wildman–Crippen MR) is 130 cm³/mol. The summed E-state index contributed by atoms with van der Waals surface area (Å²) in [5, 5.41) is 2.49. The summed E-state index contributed by atoms with van der Waals surface area (Å²) in [7, 11) is 8.05. The minimum atomic E-state index is -0.521. The summed E-state index contributed by atoms with van der Waals surface area (Å²) in [6.07, 6.45) is 1.09. The zero-order valence-corrected chi connectivity index (χ0v) is 20.3. The van der Waals surface area contributed by atoms with Crippen LogP contribution < -0.4 is 19.5 Å². The number of rotatable bonds is 8. The molecule has 0 saturated carbocycles. The summed E-state index contributed by atoms with van der Waals surface area (Å²) in [6, 6.07) is 13.0. The van der Waals surface area contributed by atoms with Gasteiger partial charge in [-0.3, -0.25) is 15.0 Å². The van der Waals surface area contributed by atoms with Crippen LogP contribution in [0.1, 0.15) is 22.5 Å². The van der Waals surface area contributed by atoms with E-state index in [0.717, 1.165) is 33.2 Å². The number of aromatic nitrogens is 2. The van der Waals surface area contributed by atoms with Crippen molar-refractivity contribution in [1.29, 1.82) is 0 Å². The van der Waals surface area contributed by atoms with Crippen molar-refractivity contribution in [2.24, 2.45) is 12.0 Å². The first-order valence-corrected chi connectivity index (χ1v) is 10.9. The van der Waals surface area contributed by atoms with Gasteiger partial charge in [-0.15, -0.1) is 0 Å². The van der Waals surface area contributed by atoms with Crippen molar-refractivity contribution in [3.63, 3.8) is 0 Å². The van der Waals surface area contributed by atoms with E-state index in [1.807, 2.05) is 54.1 Å². The van der Waals surface area contributed by atoms with Crippen molar-refractivity contribution in [2.75, 3.05) is 28.4 Å². The molecule has 1 aliphatic heterocycles. The van der Waals surface area contributed by atoms with Crippen molar-refractivity contribution >= 4 is 23.7 Å². The Labute approximate surface area is 203 Å². The molecule has 0 spiro atoms. The van der Waals surface area contributed by atoms with E-state index in [-0.39, 0.29) is 5.84 Å². The van der Waals surface area contributed by atoms with Crippen LogP contribution in [0.2, 0.25) is 0 Å². The number of carbonyl (C=O) groups excluding carboxylic acids is 2. The summed E-state index contributed by atoms with van der Waals surface area (Å²) in [5.74, 6) is 1.81. The maximum absolute atomic E-state index is 12.3. The van der Waals surface area contributed by atoms with Crippen LogP contribution in [0.15, 0.2) is 47.5 Å². The molecule has 10 heteroatoms. The van der Waals surface area contributed by atoms with Gasteiger partial charge in [0, 0.05) is 32.6 Å². The molecule has 0 unspecified atom stereocenters. The Morgan fingerprint density at radius 2 is 1.57 bits per heavy atom. The van der Waals surface area contributed by atoms with E-state index in [2.05, 4.69) is 10.3 Å². The first-order valence-electron chi connectivity index (χ1n) is 10.9. The topological polar surface area (TPSA) is 107 Å². The highest BCUT2D eigenvalue weighted by atomic mass is 16.5. The normalized spacial score (nSPS) is 14.4. The van der Waals surface area contributed by atoms with Gasteiger partial charge in [0.05, 0.1) is 27.0 Å². The van der Waals surface area contributed by atoms with Gasteiger partial charge in [0.25, 0.3) is 5.91 Å². The van der Waals surface area contributed by atoms with Crippen LogP contribution >= 0.6 is 0 Å². The van der Waals surface area contributed by atoms with E-state index in [4.69, 9.17) is 19.2 Å². The molecule has 0 atom stereocenters. The van der Waals surface area contributed by atoms with E-state index >= 15 is 0 Å². The zero-order valence-electron chi connectivity index (χ0n) is 20.3. The third kappa shape index (κ3) is 4.81. The van der Waals surface area contributed by atoms with Crippen LogP contribution in [0, 0.1) is 0 Å². The molecule has 1 aromatic heterocycles. The Morgan fingerprint density at radius 3 is 2.17 bits per heavy atom. The Bertz CT molecular complexity index is 1300. The number of imidazole rings is 1. The summed E-state index contributed by atoms with van der Waals surface area (Å²) in [4.78, 5) is 34.3. The van der Waals surface area contributed by atoms with Gasteiger partial charge >= 0.3 is 6.03 Å². The molecule has 1 N–H and O–H groups in total. The number of aliphatic imine (C=N–C) groups is 1. The van der Waals surface area contributed by atoms with E-state index in [9.17, 15) is 9.59 Å². The van der Waals surface area contributed by atoms with E-state index in [1.54, 1.807) is 21.3 Å². The number of nitrogens with one attached hydrogen (secondary N) is 1. The molecule has 3 amide bonds. The van der Waals surface area contributed by atoms with Gasteiger partial charge in [0.15, 0.2) is 11.5 Å². The Morgan fingerprint density at radius 1 is 0.886 bits per heavy atom. The van der Waals surface area contributed by atoms with Gasteiger partial charge in [-0.1, -0.05) is 18.2 Å². The molecular formula is C25H27N5O5. The van der Waals surface area contributed by atoms with Crippen molar-refractivity contribution in [3.8, 4) is 17.2 Å². The van der Waals surface area contributed by atoms with Crippen LogP contribution in [0.3, 0.4) is 0 Å². The highest BCUT2D eigenvalue weighted by molar-refractivity contribution is 6.47. The minimum absolute atomic E-state index is 0.0562. The largest absolute Gasteiger partial charge is 0.497 e. The monoisotopic (exact) mass is 477 g/mol. The fourth-order valence-corrected chi connectivity index (χ4v) is 3.82. The summed E-state index contributed by atoms with van der Waals surface area (Å²) < 4.78 is 17.9. The molecule has 1 aliphatic rings. The van der Waals surface area contributed by atoms with Crippen LogP contribution in [-0.2, 0) is 24.7 Å². The second-order valence-electron chi connectivity index (χ2n) is 8.01. The van der Waals surface area contributed by atoms with Crippen LogP contribution in [0.4, 0.5) is 10.7 Å². The standard InChI is InChI=1S/C25H27N5O5/c1-29-19(13-16-8-11-20(34-4)21(14-16)35-5)18(12-15-6-9-17(33-3)10-7-15)26-24(29)27-22-23(31)30(2)25(32)28-22/h6-11,14H,12-13H2,1-5H3,(H,26,27,28,32). The lowest BCUT2D eigenvalue weighted by atomic mass is 10.0. The van der Waals surface area contributed by atoms with Gasteiger partial charge in [-0.25, -0.2) is 9.78 Å². The average molecular weight is 478 g/mol. The second-order valence-corrected chi connectivity index (χ2v) is 8.01. The van der Waals surface area contributed by atoms with Crippen LogP contribution in [0.5, 0.6) is 17.2 Å². The number of hydrogen-bond donors (Lipinski definition) is 1. The molecule has 182 valence electrons. The minimum Gasteiger partial charge on any atom is -0.497 e. The number of carbonyl (C=O) groups is 2. The number of amides is 3. The highest BCUT2D eigenvalue weighted by Gasteiger charge is 2.32. The second kappa shape index (κ2) is 9.88. The van der Waals surface area contributed by atoms with Crippen molar-refractivity contribution in [2.45, 2.75) is 12.8 Å². The fraction of sp³-hybridized carbons (Fsp3) is 0.280. The van der Waals surface area contributed by atoms with Crippen molar-refractivity contribution in [3.05, 3.63) is 65.0 Å². The molecule has 4 rings (SSSR count). The number of urea groups is 1. The van der Waals surface area contributed by atoms with Gasteiger partial charge in [-0.2, -0.15) is 4.99 Å². The third-order valence-corrected chi connectivity index (χ3v) is 5.87. The SMILES string of the molecule is COc1ccc(Cc2nc(N=C3NC(=O)N(C)C3=O)n(C)c2Cc2ccc(OC)c(OC)c2)cc1. The molecule has 35 heavy (non-hydrogen) atoms. The quantitative estimate of drug-likeness (QED) is 0.500. The van der Waals surface area contributed by atoms with E-state index < -0.39 is 11.9 Å². The Balaban J connectivity index is 1.74. The molecule has 3 aromatic rings. The lowest BCUT2D eigenvalue weighted by Crippen LogP contribution is -2.25. The van der Waals surface area contributed by atoms with Crippen molar-refractivity contribution < 1.29 is 23.8 Å². The third-order valence-electron chi connectivity index (χ3n) is 5.87. The maximum Gasteiger partial charge on any atom is 0.329 e. The number of nitrogens with zero attached hydrogens (tertiary/aromatic N) is 4. The summed E-state index contributed by atoms with van der Waals surface area (Å²) in [6.45, 7) is 0. The highest BCUT2D eigenvalue weighted by Crippen LogP contribution is 2.30. The number of likely N-dealkylation sites (N-methyl/N-ethyl adjacent to an activating group) is 1. The van der Waals surface area contributed by atoms with E-state index in [0.29, 0.717) is 30.3 Å². The molecule has 1 fully saturated rings. The predicted octanol–water partition coefficient (Wildman–Crippen LogP) is 2.84. The maximum atomic E-state index is 12.3. The van der Waals surface area contributed by atoms with Crippen molar-refractivity contribution in [1.82, 2.24) is 19.8 Å². The molecule has 1 saturated heterocycles. The number of amidine groups is 1. The number of ether oxygens (including phenoxy) is 3. The smallest absolute Gasteiger partial charge is 0.329 e. The van der Waals surface area contributed by atoms with Gasteiger partial charge in [0.1, 0.15) is 5.75 Å². The van der Waals surface area contributed by atoms with E-state index in [1.165, 1.54) is 7.05 Å². The number of hydrogen-bond acceptors (Lipinski definition) is 7. The van der Waals surface area contributed by atoms with Crippen LogP contribution in [0.25, 0.3) is 0 Å². The van der Waals surface area contributed by atoms with Gasteiger partial charge < -0.3 is 18.8 Å². The molecule has 2 aromatic carbocycles. The molecule has 0 aliphatic carbocycles. The lowest BCUT2D eigenvalue weighted by molar-refractivity contribution is -0.119. The number of imide groups is 1. The Hall–Kier alpha value is -4.34. The summed E-state index contributed by atoms with van der Waals surface area (Å²) >= 11 is 0. The summed E-state index contributed by atoms with van der Waals surface area (Å²) in [5.41, 5.74) is 3.75. The number of benzene rings is 2.